The van der Waals surface area contributed by atoms with Crippen LogP contribution in [0.4, 0.5) is 0 Å². The van der Waals surface area contributed by atoms with Gasteiger partial charge >= 0.3 is 0 Å². The van der Waals surface area contributed by atoms with Crippen LogP contribution in [0, 0.1) is 13.5 Å². The fourth-order valence-electron chi connectivity index (χ4n) is 4.14. The Hall–Kier alpha value is -3.38. The SMILES string of the molecule is [C-]#[N+]Cc1c2c([n+](C)c3ccccc13)-c1c(C)ccc3cccc(c13)O2. The van der Waals surface area contributed by atoms with Gasteiger partial charge in [0.15, 0.2) is 0 Å². The van der Waals surface area contributed by atoms with E-state index in [9.17, 15) is 0 Å². The van der Waals surface area contributed by atoms with Crippen LogP contribution in [0.3, 0.4) is 0 Å². The Morgan fingerprint density at radius 2 is 1.88 bits per heavy atom. The first-order valence-corrected chi connectivity index (χ1v) is 8.68. The first-order valence-electron chi connectivity index (χ1n) is 8.68. The lowest BCUT2D eigenvalue weighted by atomic mass is 9.91. The van der Waals surface area contributed by atoms with Crippen LogP contribution >= 0.6 is 0 Å². The summed E-state index contributed by atoms with van der Waals surface area (Å²) in [5.74, 6) is 1.69. The second-order valence-electron chi connectivity index (χ2n) is 6.76. The van der Waals surface area contributed by atoms with E-state index >= 15 is 0 Å². The molecule has 0 amide bonds. The summed E-state index contributed by atoms with van der Waals surface area (Å²) < 4.78 is 8.62. The molecule has 1 aliphatic rings. The molecule has 0 fully saturated rings. The number of rotatable bonds is 1. The smallest absolute Gasteiger partial charge is 0.257 e. The number of benzene rings is 3. The molecular weight excluding hydrogens is 320 g/mol. The van der Waals surface area contributed by atoms with E-state index in [1.54, 1.807) is 0 Å². The van der Waals surface area contributed by atoms with E-state index in [0.29, 0.717) is 6.54 Å². The standard InChI is InChI=1S/C23H17N2O/c1-14-11-12-15-7-6-10-19-21(15)20(14)22-23(26-19)17(13-24-2)16-8-4-5-9-18(16)25(22)3/h4-12H,13H2,1,3H3/q+1. The van der Waals surface area contributed by atoms with Crippen molar-refractivity contribution in [3.8, 4) is 22.8 Å². The summed E-state index contributed by atoms with van der Waals surface area (Å²) in [6.07, 6.45) is 0. The third-order valence-corrected chi connectivity index (χ3v) is 5.32. The Morgan fingerprint density at radius 1 is 1.04 bits per heavy atom. The molecule has 0 N–H and O–H groups in total. The predicted octanol–water partition coefficient (Wildman–Crippen LogP) is 5.32. The van der Waals surface area contributed by atoms with Gasteiger partial charge in [0.25, 0.3) is 5.69 Å². The second-order valence-corrected chi connectivity index (χ2v) is 6.76. The number of para-hydroxylation sites is 1. The van der Waals surface area contributed by atoms with Gasteiger partial charge in [-0.05, 0) is 30.0 Å². The summed E-state index contributed by atoms with van der Waals surface area (Å²) in [7, 11) is 2.08. The van der Waals surface area contributed by atoms with Crippen molar-refractivity contribution in [2.45, 2.75) is 13.5 Å². The molecule has 0 aliphatic carbocycles. The van der Waals surface area contributed by atoms with Crippen LogP contribution in [0.1, 0.15) is 11.1 Å². The minimum Gasteiger partial charge on any atom is -0.449 e. The number of hydrogen-bond acceptors (Lipinski definition) is 1. The average Bonchev–Trinajstić information content (AvgIpc) is 2.67. The molecule has 5 rings (SSSR count). The van der Waals surface area contributed by atoms with Crippen molar-refractivity contribution >= 4 is 21.7 Å². The molecule has 1 aliphatic heterocycles. The first-order chi connectivity index (χ1) is 12.7. The minimum atomic E-state index is 0.306. The highest BCUT2D eigenvalue weighted by atomic mass is 16.5. The summed E-state index contributed by atoms with van der Waals surface area (Å²) in [6.45, 7) is 9.90. The molecule has 2 heterocycles. The maximum Gasteiger partial charge on any atom is 0.257 e. The van der Waals surface area contributed by atoms with Crippen molar-refractivity contribution < 1.29 is 9.30 Å². The van der Waals surface area contributed by atoms with Crippen LogP contribution in [-0.4, -0.2) is 0 Å². The fraction of sp³-hybridized carbons (Fsp3) is 0.130. The van der Waals surface area contributed by atoms with Gasteiger partial charge in [-0.1, -0.05) is 36.4 Å². The number of nitrogens with zero attached hydrogens (tertiary/aromatic N) is 2. The molecule has 0 saturated heterocycles. The highest BCUT2D eigenvalue weighted by Gasteiger charge is 2.34. The van der Waals surface area contributed by atoms with E-state index in [4.69, 9.17) is 11.3 Å². The largest absolute Gasteiger partial charge is 0.449 e. The van der Waals surface area contributed by atoms with Gasteiger partial charge in [-0.2, -0.15) is 4.57 Å². The average molecular weight is 337 g/mol. The molecule has 3 heteroatoms. The van der Waals surface area contributed by atoms with Gasteiger partial charge in [0.05, 0.1) is 16.5 Å². The molecule has 1 aromatic heterocycles. The van der Waals surface area contributed by atoms with Crippen LogP contribution in [0.2, 0.25) is 0 Å². The Morgan fingerprint density at radius 3 is 2.73 bits per heavy atom. The van der Waals surface area contributed by atoms with E-state index in [2.05, 4.69) is 53.7 Å². The quantitative estimate of drug-likeness (QED) is 0.299. The zero-order valence-electron chi connectivity index (χ0n) is 14.7. The number of aromatic nitrogens is 1. The van der Waals surface area contributed by atoms with Crippen LogP contribution < -0.4 is 9.30 Å². The van der Waals surface area contributed by atoms with Gasteiger partial charge in [-0.3, -0.25) is 0 Å². The maximum atomic E-state index is 7.45. The van der Waals surface area contributed by atoms with Gasteiger partial charge in [0.2, 0.25) is 17.8 Å². The van der Waals surface area contributed by atoms with E-state index in [1.807, 2.05) is 24.3 Å². The highest BCUT2D eigenvalue weighted by Crippen LogP contribution is 2.48. The maximum absolute atomic E-state index is 7.45. The molecule has 124 valence electrons. The molecule has 0 saturated carbocycles. The normalized spacial score (nSPS) is 11.9. The Kier molecular flexibility index (Phi) is 3.05. The van der Waals surface area contributed by atoms with Crippen molar-refractivity contribution in [1.29, 1.82) is 0 Å². The Balaban J connectivity index is 2.04. The lowest BCUT2D eigenvalue weighted by Gasteiger charge is -2.22. The molecule has 0 spiro atoms. The number of hydrogen-bond donors (Lipinski definition) is 0. The number of fused-ring (bicyclic) bond motifs is 3. The molecule has 0 atom stereocenters. The number of aryl methyl sites for hydroxylation is 2. The van der Waals surface area contributed by atoms with Crippen molar-refractivity contribution in [2.75, 3.05) is 0 Å². The van der Waals surface area contributed by atoms with E-state index < -0.39 is 0 Å². The van der Waals surface area contributed by atoms with E-state index in [-0.39, 0.29) is 0 Å². The monoisotopic (exact) mass is 337 g/mol. The van der Waals surface area contributed by atoms with Crippen molar-refractivity contribution in [3.05, 3.63) is 77.1 Å². The summed E-state index contributed by atoms with van der Waals surface area (Å²) in [5.41, 5.74) is 5.57. The summed E-state index contributed by atoms with van der Waals surface area (Å²) in [5, 5.41) is 3.40. The van der Waals surface area contributed by atoms with E-state index in [1.165, 1.54) is 16.5 Å². The van der Waals surface area contributed by atoms with Gasteiger partial charge in [0.1, 0.15) is 12.8 Å². The van der Waals surface area contributed by atoms with Crippen molar-refractivity contribution in [3.63, 3.8) is 0 Å². The third-order valence-electron chi connectivity index (χ3n) is 5.32. The topological polar surface area (TPSA) is 17.5 Å². The molecule has 0 radical (unpaired) electrons. The summed E-state index contributed by atoms with van der Waals surface area (Å²) >= 11 is 0. The minimum absolute atomic E-state index is 0.306. The summed E-state index contributed by atoms with van der Waals surface area (Å²) in [6, 6.07) is 18.7. The van der Waals surface area contributed by atoms with Crippen LogP contribution in [-0.2, 0) is 13.6 Å². The Bertz CT molecular complexity index is 1270. The molecule has 0 unspecified atom stereocenters. The lowest BCUT2D eigenvalue weighted by molar-refractivity contribution is -0.633. The molecular formula is C23H17N2O+. The van der Waals surface area contributed by atoms with Gasteiger partial charge in [-0.25, -0.2) is 6.57 Å². The number of ether oxygens (including phenoxy) is 1. The van der Waals surface area contributed by atoms with Crippen molar-refractivity contribution in [1.82, 2.24) is 0 Å². The molecule has 4 aromatic rings. The second kappa shape index (κ2) is 5.31. The number of pyridine rings is 1. The third kappa shape index (κ3) is 1.84. The summed E-state index contributed by atoms with van der Waals surface area (Å²) in [4.78, 5) is 3.68. The van der Waals surface area contributed by atoms with Gasteiger partial charge in [-0.15, -0.1) is 0 Å². The molecule has 3 aromatic carbocycles. The molecule has 0 bridgehead atoms. The van der Waals surface area contributed by atoms with Crippen LogP contribution in [0.25, 0.3) is 37.8 Å². The highest BCUT2D eigenvalue weighted by molar-refractivity contribution is 6.05. The van der Waals surface area contributed by atoms with Crippen molar-refractivity contribution in [2.24, 2.45) is 7.05 Å². The first kappa shape index (κ1) is 14.9. The van der Waals surface area contributed by atoms with E-state index in [0.717, 1.165) is 39.0 Å². The van der Waals surface area contributed by atoms with Gasteiger partial charge < -0.3 is 9.58 Å². The van der Waals surface area contributed by atoms with Gasteiger partial charge in [0, 0.05) is 11.5 Å². The fourth-order valence-corrected chi connectivity index (χ4v) is 4.14. The Labute approximate surface area is 151 Å². The zero-order valence-corrected chi connectivity index (χ0v) is 14.7. The predicted molar refractivity (Wildman–Crippen MR) is 103 cm³/mol. The van der Waals surface area contributed by atoms with Crippen LogP contribution in [0.15, 0.2) is 54.6 Å². The lowest BCUT2D eigenvalue weighted by Crippen LogP contribution is -2.34. The zero-order chi connectivity index (χ0) is 17.8. The molecule has 26 heavy (non-hydrogen) atoms. The molecule has 3 nitrogen and oxygen atoms in total. The van der Waals surface area contributed by atoms with Crippen LogP contribution in [0.5, 0.6) is 11.5 Å².